The zero-order valence-corrected chi connectivity index (χ0v) is 13.9. The maximum Gasteiger partial charge on any atom is 0.0346 e. The van der Waals surface area contributed by atoms with E-state index >= 15 is 0 Å². The highest BCUT2D eigenvalue weighted by Gasteiger charge is 2.01. The van der Waals surface area contributed by atoms with E-state index < -0.39 is 0 Å². The average Bonchev–Trinajstić information content (AvgIpc) is 2.55. The van der Waals surface area contributed by atoms with Gasteiger partial charge in [0.05, 0.1) is 0 Å². The van der Waals surface area contributed by atoms with Crippen molar-refractivity contribution in [1.82, 2.24) is 4.98 Å². The van der Waals surface area contributed by atoms with Crippen LogP contribution in [-0.4, -0.2) is 4.98 Å². The van der Waals surface area contributed by atoms with E-state index in [1.807, 2.05) is 18.5 Å². The summed E-state index contributed by atoms with van der Waals surface area (Å²) in [7, 11) is 0. The zero-order chi connectivity index (χ0) is 15.8. The molecule has 1 heterocycles. The Kier molecular flexibility index (Phi) is 6.39. The Balaban J connectivity index is 1.74. The molecule has 1 aromatic heterocycles. The SMILES string of the molecule is C=C(CCCCCc1ccc(-c2cccnc2)cc1)C(C)C. The molecule has 0 radical (unpaired) electrons. The highest BCUT2D eigenvalue weighted by Crippen LogP contribution is 2.20. The first-order valence-corrected chi connectivity index (χ1v) is 8.34. The zero-order valence-electron chi connectivity index (χ0n) is 13.9. The number of aryl methyl sites for hydroxylation is 1. The van der Waals surface area contributed by atoms with Crippen molar-refractivity contribution in [2.24, 2.45) is 5.92 Å². The van der Waals surface area contributed by atoms with E-state index in [0.717, 1.165) is 0 Å². The molecular weight excluding hydrogens is 266 g/mol. The molecule has 0 aliphatic rings. The summed E-state index contributed by atoms with van der Waals surface area (Å²) in [5.41, 5.74) is 5.24. The number of allylic oxidation sites excluding steroid dienone is 1. The molecule has 1 aromatic carbocycles. The number of rotatable bonds is 8. The van der Waals surface area contributed by atoms with E-state index in [-0.39, 0.29) is 0 Å². The minimum atomic E-state index is 0.625. The molecule has 0 saturated heterocycles. The molecule has 0 bridgehead atoms. The smallest absolute Gasteiger partial charge is 0.0346 e. The van der Waals surface area contributed by atoms with Crippen molar-refractivity contribution in [2.45, 2.75) is 46.0 Å². The predicted octanol–water partition coefficient (Wildman–Crippen LogP) is 6.06. The topological polar surface area (TPSA) is 12.9 Å². The number of hydrogen-bond acceptors (Lipinski definition) is 1. The van der Waals surface area contributed by atoms with Crippen LogP contribution in [-0.2, 0) is 6.42 Å². The first-order valence-electron chi connectivity index (χ1n) is 8.34. The Labute approximate surface area is 135 Å². The second kappa shape index (κ2) is 8.53. The monoisotopic (exact) mass is 293 g/mol. The van der Waals surface area contributed by atoms with Gasteiger partial charge in [-0.3, -0.25) is 4.98 Å². The van der Waals surface area contributed by atoms with Gasteiger partial charge in [0.15, 0.2) is 0 Å². The van der Waals surface area contributed by atoms with Crippen molar-refractivity contribution in [2.75, 3.05) is 0 Å². The third-order valence-electron chi connectivity index (χ3n) is 4.23. The van der Waals surface area contributed by atoms with Gasteiger partial charge in [0.25, 0.3) is 0 Å². The molecule has 2 aromatic rings. The van der Waals surface area contributed by atoms with Gasteiger partial charge in [0.2, 0.25) is 0 Å². The maximum atomic E-state index is 4.17. The molecular formula is C21H27N. The lowest BCUT2D eigenvalue weighted by atomic mass is 9.97. The lowest BCUT2D eigenvalue weighted by Gasteiger charge is -2.09. The fraction of sp³-hybridized carbons (Fsp3) is 0.381. The first-order chi connectivity index (χ1) is 10.7. The molecule has 1 heteroatoms. The highest BCUT2D eigenvalue weighted by atomic mass is 14.6. The van der Waals surface area contributed by atoms with E-state index in [1.54, 1.807) is 0 Å². The van der Waals surface area contributed by atoms with Gasteiger partial charge in [-0.1, -0.05) is 62.8 Å². The van der Waals surface area contributed by atoms with Gasteiger partial charge in [-0.05, 0) is 54.4 Å². The van der Waals surface area contributed by atoms with Crippen molar-refractivity contribution in [3.05, 3.63) is 66.5 Å². The largest absolute Gasteiger partial charge is 0.264 e. The molecule has 0 unspecified atom stereocenters. The normalized spacial score (nSPS) is 10.9. The summed E-state index contributed by atoms with van der Waals surface area (Å²) in [6.45, 7) is 8.60. The Morgan fingerprint density at radius 2 is 1.77 bits per heavy atom. The summed E-state index contributed by atoms with van der Waals surface area (Å²) in [6, 6.07) is 13.0. The number of unbranched alkanes of at least 4 members (excludes halogenated alkanes) is 2. The Morgan fingerprint density at radius 1 is 1.00 bits per heavy atom. The van der Waals surface area contributed by atoms with E-state index in [4.69, 9.17) is 0 Å². The molecule has 0 aliphatic carbocycles. The third kappa shape index (κ3) is 5.14. The lowest BCUT2D eigenvalue weighted by molar-refractivity contribution is 0.633. The molecule has 0 N–H and O–H groups in total. The molecule has 0 atom stereocenters. The second-order valence-corrected chi connectivity index (χ2v) is 6.31. The van der Waals surface area contributed by atoms with Crippen molar-refractivity contribution in [1.29, 1.82) is 0 Å². The molecule has 0 aliphatic heterocycles. The van der Waals surface area contributed by atoms with Crippen LogP contribution in [0.5, 0.6) is 0 Å². The molecule has 0 saturated carbocycles. The first kappa shape index (κ1) is 16.5. The quantitative estimate of drug-likeness (QED) is 0.425. The van der Waals surface area contributed by atoms with Crippen molar-refractivity contribution < 1.29 is 0 Å². The standard InChI is InChI=1S/C21H27N/c1-17(2)18(3)8-5-4-6-9-19-11-13-20(14-12-19)21-10-7-15-22-16-21/h7,10-17H,3-6,8-9H2,1-2H3. The van der Waals surface area contributed by atoms with Crippen LogP contribution < -0.4 is 0 Å². The summed E-state index contributed by atoms with van der Waals surface area (Å²) in [4.78, 5) is 4.17. The summed E-state index contributed by atoms with van der Waals surface area (Å²) >= 11 is 0. The number of hydrogen-bond donors (Lipinski definition) is 0. The second-order valence-electron chi connectivity index (χ2n) is 6.31. The van der Waals surface area contributed by atoms with Gasteiger partial charge in [-0.2, -0.15) is 0 Å². The van der Waals surface area contributed by atoms with Crippen LogP contribution >= 0.6 is 0 Å². The van der Waals surface area contributed by atoms with Gasteiger partial charge in [0, 0.05) is 12.4 Å². The van der Waals surface area contributed by atoms with Gasteiger partial charge >= 0.3 is 0 Å². The molecule has 1 nitrogen and oxygen atoms in total. The molecule has 0 amide bonds. The number of benzene rings is 1. The summed E-state index contributed by atoms with van der Waals surface area (Å²) < 4.78 is 0. The van der Waals surface area contributed by atoms with Crippen LogP contribution in [0.2, 0.25) is 0 Å². The van der Waals surface area contributed by atoms with E-state index in [1.165, 1.54) is 54.4 Å². The fourth-order valence-electron chi connectivity index (χ4n) is 2.54. The minimum absolute atomic E-state index is 0.625. The number of pyridine rings is 1. The maximum absolute atomic E-state index is 4.17. The Morgan fingerprint density at radius 3 is 2.41 bits per heavy atom. The van der Waals surface area contributed by atoms with Crippen molar-refractivity contribution >= 4 is 0 Å². The van der Waals surface area contributed by atoms with E-state index in [0.29, 0.717) is 5.92 Å². The summed E-state index contributed by atoms with van der Waals surface area (Å²) in [6.07, 6.45) is 9.89. The molecule has 2 rings (SSSR count). The Hall–Kier alpha value is -1.89. The van der Waals surface area contributed by atoms with Crippen LogP contribution in [0.25, 0.3) is 11.1 Å². The van der Waals surface area contributed by atoms with Gasteiger partial charge < -0.3 is 0 Å². The van der Waals surface area contributed by atoms with Crippen LogP contribution in [0, 0.1) is 5.92 Å². The lowest BCUT2D eigenvalue weighted by Crippen LogP contribution is -1.93. The van der Waals surface area contributed by atoms with Crippen molar-refractivity contribution in [3.8, 4) is 11.1 Å². The molecule has 0 fully saturated rings. The Bertz CT molecular complexity index is 567. The van der Waals surface area contributed by atoms with Crippen LogP contribution in [0.1, 0.15) is 45.1 Å². The van der Waals surface area contributed by atoms with Crippen molar-refractivity contribution in [3.63, 3.8) is 0 Å². The van der Waals surface area contributed by atoms with Gasteiger partial charge in [-0.15, -0.1) is 0 Å². The third-order valence-corrected chi connectivity index (χ3v) is 4.23. The van der Waals surface area contributed by atoms with E-state index in [9.17, 15) is 0 Å². The highest BCUT2D eigenvalue weighted by molar-refractivity contribution is 5.62. The van der Waals surface area contributed by atoms with E-state index in [2.05, 4.69) is 55.7 Å². The summed E-state index contributed by atoms with van der Waals surface area (Å²) in [5.74, 6) is 0.625. The van der Waals surface area contributed by atoms with Crippen LogP contribution in [0.15, 0.2) is 60.9 Å². The number of nitrogens with zero attached hydrogens (tertiary/aromatic N) is 1. The number of aromatic nitrogens is 1. The summed E-state index contributed by atoms with van der Waals surface area (Å²) in [5, 5.41) is 0. The van der Waals surface area contributed by atoms with Crippen LogP contribution in [0.4, 0.5) is 0 Å². The fourth-order valence-corrected chi connectivity index (χ4v) is 2.54. The van der Waals surface area contributed by atoms with Gasteiger partial charge in [-0.25, -0.2) is 0 Å². The molecule has 116 valence electrons. The molecule has 22 heavy (non-hydrogen) atoms. The minimum Gasteiger partial charge on any atom is -0.264 e. The van der Waals surface area contributed by atoms with Gasteiger partial charge in [0.1, 0.15) is 0 Å². The predicted molar refractivity (Wildman–Crippen MR) is 95.8 cm³/mol. The molecule has 0 spiro atoms. The van der Waals surface area contributed by atoms with Crippen LogP contribution in [0.3, 0.4) is 0 Å². The average molecular weight is 293 g/mol.